The van der Waals surface area contributed by atoms with E-state index in [0.29, 0.717) is 23.4 Å². The van der Waals surface area contributed by atoms with Gasteiger partial charge in [0.05, 0.1) is 24.1 Å². The Kier molecular flexibility index (Phi) is 4.58. The summed E-state index contributed by atoms with van der Waals surface area (Å²) in [6.45, 7) is 2.06. The third-order valence-electron chi connectivity index (χ3n) is 5.58. The smallest absolute Gasteiger partial charge is 0.296 e. The van der Waals surface area contributed by atoms with Crippen LogP contribution in [0.15, 0.2) is 71.0 Å². The molecule has 5 rings (SSSR count). The molecule has 1 fully saturated rings. The second-order valence-corrected chi connectivity index (χ2v) is 7.72. The van der Waals surface area contributed by atoms with Gasteiger partial charge in [0.25, 0.3) is 11.7 Å². The summed E-state index contributed by atoms with van der Waals surface area (Å²) < 4.78 is 11.1. The van der Waals surface area contributed by atoms with Gasteiger partial charge in [0, 0.05) is 18.2 Å². The van der Waals surface area contributed by atoms with E-state index in [1.54, 1.807) is 48.7 Å². The molecule has 2 unspecified atom stereocenters. The molecule has 3 aromatic rings. The Hall–Kier alpha value is -3.87. The van der Waals surface area contributed by atoms with Gasteiger partial charge in [-0.1, -0.05) is 6.07 Å². The Balaban J connectivity index is 1.62. The van der Waals surface area contributed by atoms with Crippen LogP contribution in [0.2, 0.25) is 0 Å². The number of pyridine rings is 1. The van der Waals surface area contributed by atoms with Gasteiger partial charge in [0.1, 0.15) is 29.4 Å². The van der Waals surface area contributed by atoms with E-state index in [9.17, 15) is 14.7 Å². The van der Waals surface area contributed by atoms with Gasteiger partial charge in [0.2, 0.25) is 0 Å². The summed E-state index contributed by atoms with van der Waals surface area (Å²) >= 11 is 0. The number of nitrogens with zero attached hydrogens (tertiary/aromatic N) is 2. The van der Waals surface area contributed by atoms with E-state index in [1.807, 2.05) is 13.0 Å². The van der Waals surface area contributed by atoms with E-state index in [-0.39, 0.29) is 24.0 Å². The molecule has 0 radical (unpaired) electrons. The lowest BCUT2D eigenvalue weighted by atomic mass is 9.97. The fourth-order valence-corrected chi connectivity index (χ4v) is 4.18. The van der Waals surface area contributed by atoms with E-state index in [2.05, 4.69) is 4.98 Å². The first-order valence-corrected chi connectivity index (χ1v) is 10.0. The highest BCUT2D eigenvalue weighted by Crippen LogP contribution is 2.40. The molecule has 7 nitrogen and oxygen atoms in total. The standard InChI is InChI=1S/C24H20N2O5/c1-14-11-16-12-15(7-8-19(16)31-14)22(27)20-21(18-6-2-3-9-25-18)26(24(29)23(20)28)13-17-5-4-10-30-17/h2-10,12,14,21,27H,11,13H2,1H3/b22-20-. The monoisotopic (exact) mass is 416 g/mol. The van der Waals surface area contributed by atoms with Gasteiger partial charge in [-0.05, 0) is 55.0 Å². The lowest BCUT2D eigenvalue weighted by Gasteiger charge is -2.23. The van der Waals surface area contributed by atoms with Crippen LogP contribution < -0.4 is 4.74 Å². The number of likely N-dealkylation sites (tertiary alicyclic amines) is 1. The van der Waals surface area contributed by atoms with Crippen LogP contribution in [0.3, 0.4) is 0 Å². The van der Waals surface area contributed by atoms with Crippen molar-refractivity contribution in [3.8, 4) is 5.75 Å². The molecule has 0 aliphatic carbocycles. The van der Waals surface area contributed by atoms with E-state index < -0.39 is 17.7 Å². The first-order chi connectivity index (χ1) is 15.0. The molecule has 31 heavy (non-hydrogen) atoms. The molecule has 1 saturated heterocycles. The Bertz CT molecular complexity index is 1180. The molecule has 1 N–H and O–H groups in total. The van der Waals surface area contributed by atoms with Crippen LogP contribution in [-0.4, -0.2) is 32.8 Å². The van der Waals surface area contributed by atoms with Crippen LogP contribution in [0.5, 0.6) is 5.75 Å². The number of fused-ring (bicyclic) bond motifs is 1. The maximum Gasteiger partial charge on any atom is 0.296 e. The number of amides is 1. The van der Waals surface area contributed by atoms with Crippen LogP contribution in [-0.2, 0) is 22.6 Å². The SMILES string of the molecule is CC1Cc2cc(/C(O)=C3/C(=O)C(=O)N(Cc4ccco4)C3c3ccccn3)ccc2O1. The molecule has 1 aromatic carbocycles. The minimum Gasteiger partial charge on any atom is -0.507 e. The van der Waals surface area contributed by atoms with Gasteiger partial charge in [-0.25, -0.2) is 0 Å². The molecule has 2 aliphatic heterocycles. The van der Waals surface area contributed by atoms with Crippen molar-refractivity contribution in [2.45, 2.75) is 32.0 Å². The number of aliphatic hydroxyl groups is 1. The largest absolute Gasteiger partial charge is 0.507 e. The number of rotatable bonds is 4. The van der Waals surface area contributed by atoms with Gasteiger partial charge in [0.15, 0.2) is 0 Å². The van der Waals surface area contributed by atoms with Gasteiger partial charge in [-0.3, -0.25) is 14.6 Å². The summed E-state index contributed by atoms with van der Waals surface area (Å²) in [5.74, 6) is -0.370. The van der Waals surface area contributed by atoms with Crippen molar-refractivity contribution >= 4 is 17.4 Å². The van der Waals surface area contributed by atoms with Gasteiger partial charge in [-0.15, -0.1) is 0 Å². The Labute approximate surface area is 178 Å². The van der Waals surface area contributed by atoms with Crippen molar-refractivity contribution in [2.24, 2.45) is 0 Å². The summed E-state index contributed by atoms with van der Waals surface area (Å²) in [5.41, 5.74) is 1.93. The second-order valence-electron chi connectivity index (χ2n) is 7.72. The highest BCUT2D eigenvalue weighted by Gasteiger charge is 2.47. The number of carbonyl (C=O) groups excluding carboxylic acids is 2. The van der Waals surface area contributed by atoms with Crippen LogP contribution >= 0.6 is 0 Å². The zero-order valence-electron chi connectivity index (χ0n) is 16.8. The predicted octanol–water partition coefficient (Wildman–Crippen LogP) is 3.62. The number of hydrogen-bond acceptors (Lipinski definition) is 6. The van der Waals surface area contributed by atoms with Crippen molar-refractivity contribution in [1.82, 2.24) is 9.88 Å². The Morgan fingerprint density at radius 3 is 2.81 bits per heavy atom. The van der Waals surface area contributed by atoms with E-state index in [1.165, 1.54) is 11.2 Å². The molecule has 0 bridgehead atoms. The minimum absolute atomic E-state index is 0.0159. The number of Topliss-reactive ketones (excluding diaryl/α,β-unsaturated/α-hetero) is 1. The first-order valence-electron chi connectivity index (χ1n) is 10.0. The van der Waals surface area contributed by atoms with Crippen molar-refractivity contribution in [1.29, 1.82) is 0 Å². The molecule has 2 atom stereocenters. The molecular formula is C24H20N2O5. The zero-order valence-corrected chi connectivity index (χ0v) is 16.8. The third kappa shape index (κ3) is 3.28. The van der Waals surface area contributed by atoms with Crippen molar-refractivity contribution in [2.75, 3.05) is 0 Å². The maximum absolute atomic E-state index is 13.0. The Morgan fingerprint density at radius 1 is 1.19 bits per heavy atom. The lowest BCUT2D eigenvalue weighted by Crippen LogP contribution is -2.29. The molecule has 1 amide bonds. The number of carbonyl (C=O) groups is 2. The van der Waals surface area contributed by atoms with Gasteiger partial charge in [-0.2, -0.15) is 0 Å². The molecule has 0 saturated carbocycles. The molecule has 7 heteroatoms. The molecular weight excluding hydrogens is 396 g/mol. The number of ketones is 1. The summed E-state index contributed by atoms with van der Waals surface area (Å²) in [4.78, 5) is 31.7. The highest BCUT2D eigenvalue weighted by molar-refractivity contribution is 6.46. The molecule has 156 valence electrons. The summed E-state index contributed by atoms with van der Waals surface area (Å²) in [6, 6.07) is 13.2. The van der Waals surface area contributed by atoms with Crippen LogP contribution in [0.25, 0.3) is 5.76 Å². The average Bonchev–Trinajstić information content (AvgIpc) is 3.48. The van der Waals surface area contributed by atoms with E-state index >= 15 is 0 Å². The number of benzene rings is 1. The van der Waals surface area contributed by atoms with Crippen LogP contribution in [0.1, 0.15) is 35.5 Å². The van der Waals surface area contributed by atoms with Crippen molar-refractivity contribution < 1.29 is 23.8 Å². The second kappa shape index (κ2) is 7.43. The van der Waals surface area contributed by atoms with Crippen LogP contribution in [0.4, 0.5) is 0 Å². The molecule has 2 aromatic heterocycles. The summed E-state index contributed by atoms with van der Waals surface area (Å²) in [6.07, 6.45) is 3.87. The molecule has 2 aliphatic rings. The number of furan rings is 1. The third-order valence-corrected chi connectivity index (χ3v) is 5.58. The average molecular weight is 416 g/mol. The highest BCUT2D eigenvalue weighted by atomic mass is 16.5. The van der Waals surface area contributed by atoms with Crippen molar-refractivity contribution in [3.05, 3.63) is 89.1 Å². The number of ether oxygens (including phenoxy) is 1. The zero-order chi connectivity index (χ0) is 21.5. The molecule has 4 heterocycles. The fourth-order valence-electron chi connectivity index (χ4n) is 4.18. The quantitative estimate of drug-likeness (QED) is 0.397. The van der Waals surface area contributed by atoms with Gasteiger partial charge >= 0.3 is 0 Å². The molecule has 0 spiro atoms. The van der Waals surface area contributed by atoms with Gasteiger partial charge < -0.3 is 19.2 Å². The Morgan fingerprint density at radius 2 is 2.06 bits per heavy atom. The maximum atomic E-state index is 13.0. The van der Waals surface area contributed by atoms with Crippen LogP contribution in [0, 0.1) is 0 Å². The minimum atomic E-state index is -0.824. The first kappa shape index (κ1) is 19.1. The van der Waals surface area contributed by atoms with E-state index in [0.717, 1.165) is 11.3 Å². The number of aliphatic hydroxyl groups excluding tert-OH is 1. The van der Waals surface area contributed by atoms with Crippen molar-refractivity contribution in [3.63, 3.8) is 0 Å². The lowest BCUT2D eigenvalue weighted by molar-refractivity contribution is -0.140. The fraction of sp³-hybridized carbons (Fsp3) is 0.208. The number of aromatic nitrogens is 1. The summed E-state index contributed by atoms with van der Waals surface area (Å²) in [5, 5.41) is 11.2. The normalized spacial score (nSPS) is 21.9. The predicted molar refractivity (Wildman–Crippen MR) is 111 cm³/mol. The summed E-state index contributed by atoms with van der Waals surface area (Å²) in [7, 11) is 0. The topological polar surface area (TPSA) is 92.9 Å². The number of hydrogen-bond donors (Lipinski definition) is 1. The van der Waals surface area contributed by atoms with E-state index in [4.69, 9.17) is 9.15 Å².